The number of nitrogens with zero attached hydrogens (tertiary/aromatic N) is 1. The van der Waals surface area contributed by atoms with E-state index in [1.54, 1.807) is 7.11 Å². The highest BCUT2D eigenvalue weighted by atomic mass is 16.5. The second-order valence-corrected chi connectivity index (χ2v) is 9.45. The van der Waals surface area contributed by atoms with Crippen LogP contribution in [-0.2, 0) is 16.1 Å². The van der Waals surface area contributed by atoms with Gasteiger partial charge in [0.25, 0.3) is 5.91 Å². The minimum Gasteiger partial charge on any atom is -0.497 e. The predicted molar refractivity (Wildman–Crippen MR) is 125 cm³/mol. The molecule has 2 aliphatic heterocycles. The Bertz CT molecular complexity index is 1010. The van der Waals surface area contributed by atoms with Crippen LogP contribution in [0.2, 0.25) is 0 Å². The van der Waals surface area contributed by atoms with Crippen molar-refractivity contribution in [2.45, 2.75) is 62.6 Å². The molecule has 0 unspecified atom stereocenters. The van der Waals surface area contributed by atoms with Crippen LogP contribution in [0.5, 0.6) is 5.75 Å². The van der Waals surface area contributed by atoms with Crippen LogP contribution >= 0.6 is 0 Å². The van der Waals surface area contributed by atoms with Crippen molar-refractivity contribution in [3.63, 3.8) is 0 Å². The van der Waals surface area contributed by atoms with E-state index in [9.17, 15) is 9.59 Å². The number of fused-ring (bicyclic) bond motifs is 1. The van der Waals surface area contributed by atoms with Crippen molar-refractivity contribution in [1.29, 1.82) is 0 Å². The quantitative estimate of drug-likeness (QED) is 0.724. The summed E-state index contributed by atoms with van der Waals surface area (Å²) in [4.78, 5) is 29.5. The van der Waals surface area contributed by atoms with Gasteiger partial charge in [0.15, 0.2) is 0 Å². The Morgan fingerprint density at radius 2 is 1.88 bits per heavy atom. The predicted octanol–water partition coefficient (Wildman–Crippen LogP) is 4.04. The molecule has 2 heterocycles. The van der Waals surface area contributed by atoms with Crippen molar-refractivity contribution in [2.24, 2.45) is 0 Å². The lowest BCUT2D eigenvalue weighted by molar-refractivity contribution is -0.127. The normalized spacial score (nSPS) is 23.5. The van der Waals surface area contributed by atoms with Crippen LogP contribution in [0, 0.1) is 0 Å². The Morgan fingerprint density at radius 1 is 1.12 bits per heavy atom. The first-order chi connectivity index (χ1) is 16.1. The van der Waals surface area contributed by atoms with Gasteiger partial charge < -0.3 is 19.7 Å². The Balaban J connectivity index is 1.46. The monoisotopic (exact) mass is 448 g/mol. The van der Waals surface area contributed by atoms with Crippen LogP contribution < -0.4 is 10.1 Å². The molecule has 2 atom stereocenters. The van der Waals surface area contributed by atoms with Crippen molar-refractivity contribution >= 4 is 11.8 Å². The van der Waals surface area contributed by atoms with Crippen molar-refractivity contribution < 1.29 is 19.1 Å². The fourth-order valence-electron chi connectivity index (χ4n) is 5.96. The SMILES string of the molecule is COc1ccc(CNC(=O)[C@@H]2c3ccccc3C(=O)N(C[C@H]3CCCO3)C23CCCC3)cc1. The van der Waals surface area contributed by atoms with Gasteiger partial charge in [-0.25, -0.2) is 0 Å². The summed E-state index contributed by atoms with van der Waals surface area (Å²) in [5, 5.41) is 3.18. The van der Waals surface area contributed by atoms with Crippen LogP contribution in [0.25, 0.3) is 0 Å². The van der Waals surface area contributed by atoms with E-state index in [4.69, 9.17) is 9.47 Å². The van der Waals surface area contributed by atoms with Gasteiger partial charge in [0.05, 0.1) is 24.7 Å². The first kappa shape index (κ1) is 22.0. The molecule has 2 aromatic carbocycles. The highest BCUT2D eigenvalue weighted by molar-refractivity contribution is 6.02. The van der Waals surface area contributed by atoms with E-state index in [1.165, 1.54) is 0 Å². The van der Waals surface area contributed by atoms with E-state index in [-0.39, 0.29) is 23.8 Å². The summed E-state index contributed by atoms with van der Waals surface area (Å²) in [6, 6.07) is 15.4. The number of benzene rings is 2. The standard InChI is InChI=1S/C27H32N2O4/c1-32-20-12-10-19(11-13-20)17-28-25(30)24-22-8-2-3-9-23(22)26(31)29(18-21-7-6-16-33-21)27(24)14-4-5-15-27/h2-3,8-13,21,24H,4-7,14-18H2,1H3,(H,28,30)/t21-,24+/m1/s1. The molecule has 2 amide bonds. The number of hydrogen-bond acceptors (Lipinski definition) is 4. The zero-order valence-electron chi connectivity index (χ0n) is 19.2. The number of methoxy groups -OCH3 is 1. The maximum atomic E-state index is 13.8. The van der Waals surface area contributed by atoms with Crippen LogP contribution in [0.15, 0.2) is 48.5 Å². The summed E-state index contributed by atoms with van der Waals surface area (Å²) in [7, 11) is 1.64. The minimum atomic E-state index is -0.485. The summed E-state index contributed by atoms with van der Waals surface area (Å²) in [6.45, 7) is 1.76. The van der Waals surface area contributed by atoms with Gasteiger partial charge in [-0.1, -0.05) is 43.2 Å². The smallest absolute Gasteiger partial charge is 0.254 e. The van der Waals surface area contributed by atoms with Gasteiger partial charge in [0.2, 0.25) is 5.91 Å². The van der Waals surface area contributed by atoms with E-state index in [1.807, 2.05) is 53.4 Å². The molecule has 0 bridgehead atoms. The topological polar surface area (TPSA) is 67.9 Å². The highest BCUT2D eigenvalue weighted by Gasteiger charge is 2.55. The minimum absolute atomic E-state index is 0.00925. The summed E-state index contributed by atoms with van der Waals surface area (Å²) in [5.74, 6) is 0.445. The largest absolute Gasteiger partial charge is 0.497 e. The molecular formula is C27H32N2O4. The zero-order chi connectivity index (χ0) is 22.8. The van der Waals surface area contributed by atoms with Crippen molar-refractivity contribution in [1.82, 2.24) is 10.2 Å². The highest BCUT2D eigenvalue weighted by Crippen LogP contribution is 2.50. The van der Waals surface area contributed by atoms with Gasteiger partial charge in [0, 0.05) is 25.3 Å². The van der Waals surface area contributed by atoms with Crippen molar-refractivity contribution in [3.8, 4) is 5.75 Å². The van der Waals surface area contributed by atoms with Gasteiger partial charge in [-0.2, -0.15) is 0 Å². The molecule has 1 saturated heterocycles. The number of rotatable bonds is 6. The molecule has 1 saturated carbocycles. The number of carbonyl (C=O) groups is 2. The molecule has 0 radical (unpaired) electrons. The third-order valence-corrected chi connectivity index (χ3v) is 7.59. The van der Waals surface area contributed by atoms with E-state index in [2.05, 4.69) is 5.32 Å². The van der Waals surface area contributed by atoms with Gasteiger partial charge in [-0.3, -0.25) is 9.59 Å². The van der Waals surface area contributed by atoms with Crippen molar-refractivity contribution in [2.75, 3.05) is 20.3 Å². The number of amides is 2. The molecule has 3 aliphatic rings. The maximum Gasteiger partial charge on any atom is 0.254 e. The fraction of sp³-hybridized carbons (Fsp3) is 0.481. The molecule has 5 rings (SSSR count). The number of hydrogen-bond donors (Lipinski definition) is 1. The number of carbonyl (C=O) groups excluding carboxylic acids is 2. The van der Waals surface area contributed by atoms with Gasteiger partial charge in [-0.15, -0.1) is 0 Å². The molecule has 6 heteroatoms. The van der Waals surface area contributed by atoms with Crippen LogP contribution in [0.3, 0.4) is 0 Å². The molecule has 2 aromatic rings. The zero-order valence-corrected chi connectivity index (χ0v) is 19.2. The van der Waals surface area contributed by atoms with E-state index >= 15 is 0 Å². The van der Waals surface area contributed by atoms with Crippen LogP contribution in [0.4, 0.5) is 0 Å². The summed E-state index contributed by atoms with van der Waals surface area (Å²) >= 11 is 0. The second-order valence-electron chi connectivity index (χ2n) is 9.45. The second kappa shape index (κ2) is 9.18. The van der Waals surface area contributed by atoms with Crippen molar-refractivity contribution in [3.05, 3.63) is 65.2 Å². The fourth-order valence-corrected chi connectivity index (χ4v) is 5.96. The molecule has 1 spiro atoms. The molecule has 6 nitrogen and oxygen atoms in total. The molecule has 1 N–H and O–H groups in total. The van der Waals surface area contributed by atoms with Crippen LogP contribution in [-0.4, -0.2) is 48.6 Å². The Labute approximate surface area is 195 Å². The molecule has 1 aliphatic carbocycles. The Morgan fingerprint density at radius 3 is 2.58 bits per heavy atom. The lowest BCUT2D eigenvalue weighted by Gasteiger charge is -2.50. The third-order valence-electron chi connectivity index (χ3n) is 7.59. The Hall–Kier alpha value is -2.86. The Kier molecular flexibility index (Phi) is 6.11. The average molecular weight is 449 g/mol. The molecule has 174 valence electrons. The molecular weight excluding hydrogens is 416 g/mol. The summed E-state index contributed by atoms with van der Waals surface area (Å²) < 4.78 is 11.1. The van der Waals surface area contributed by atoms with Gasteiger partial charge in [-0.05, 0) is 55.0 Å². The van der Waals surface area contributed by atoms with Crippen LogP contribution in [0.1, 0.15) is 65.9 Å². The number of nitrogens with one attached hydrogen (secondary N) is 1. The van der Waals surface area contributed by atoms with E-state index in [0.29, 0.717) is 18.7 Å². The first-order valence-corrected chi connectivity index (χ1v) is 12.1. The first-order valence-electron chi connectivity index (χ1n) is 12.1. The average Bonchev–Trinajstić information content (AvgIpc) is 3.54. The summed E-state index contributed by atoms with van der Waals surface area (Å²) in [6.07, 6.45) is 5.80. The summed E-state index contributed by atoms with van der Waals surface area (Å²) in [5.41, 5.74) is 2.04. The van der Waals surface area contributed by atoms with Gasteiger partial charge >= 0.3 is 0 Å². The van der Waals surface area contributed by atoms with E-state index in [0.717, 1.165) is 62.0 Å². The molecule has 33 heavy (non-hydrogen) atoms. The van der Waals surface area contributed by atoms with E-state index < -0.39 is 5.54 Å². The van der Waals surface area contributed by atoms with Gasteiger partial charge in [0.1, 0.15) is 5.75 Å². The molecule has 2 fully saturated rings. The lowest BCUT2D eigenvalue weighted by atomic mass is 9.71. The number of ether oxygens (including phenoxy) is 2. The maximum absolute atomic E-state index is 13.8. The molecule has 0 aromatic heterocycles. The third kappa shape index (κ3) is 4.01. The lowest BCUT2D eigenvalue weighted by Crippen LogP contribution is -2.62.